The van der Waals surface area contributed by atoms with Crippen LogP contribution >= 0.6 is 11.6 Å². The molecule has 100 valence electrons. The lowest BCUT2D eigenvalue weighted by atomic mass is 10.2. The third-order valence-electron chi connectivity index (χ3n) is 2.60. The highest BCUT2D eigenvalue weighted by Gasteiger charge is 1.89. The van der Waals surface area contributed by atoms with Crippen LogP contribution in [0.15, 0.2) is 53.5 Å². The molecular formula is C17H14ClNO. The zero-order valence-electron chi connectivity index (χ0n) is 11.1. The fraction of sp³-hybridized carbons (Fsp3) is 0.118. The summed E-state index contributed by atoms with van der Waals surface area (Å²) < 4.78 is 5.09. The molecule has 0 N–H and O–H groups in total. The van der Waals surface area contributed by atoms with Crippen molar-refractivity contribution in [3.63, 3.8) is 0 Å². The van der Waals surface area contributed by atoms with E-state index in [1.165, 1.54) is 0 Å². The van der Waals surface area contributed by atoms with Crippen molar-refractivity contribution < 1.29 is 4.74 Å². The third-order valence-corrected chi connectivity index (χ3v) is 2.86. The number of ether oxygens (including phenoxy) is 1. The van der Waals surface area contributed by atoms with Crippen LogP contribution in [0.1, 0.15) is 11.1 Å². The number of aliphatic imine (C=N–C) groups is 1. The lowest BCUT2D eigenvalue weighted by Gasteiger charge is -1.97. The Hall–Kier alpha value is -2.24. The van der Waals surface area contributed by atoms with Crippen LogP contribution in [-0.4, -0.2) is 19.9 Å². The van der Waals surface area contributed by atoms with Crippen LogP contribution in [0, 0.1) is 11.8 Å². The van der Waals surface area contributed by atoms with Gasteiger partial charge in [0.05, 0.1) is 7.11 Å². The molecule has 0 unspecified atom stereocenters. The van der Waals surface area contributed by atoms with Gasteiger partial charge in [0, 0.05) is 16.8 Å². The molecule has 3 heteroatoms. The lowest BCUT2D eigenvalue weighted by Crippen LogP contribution is -1.83. The average Bonchev–Trinajstić information content (AvgIpc) is 2.49. The summed E-state index contributed by atoms with van der Waals surface area (Å²) in [5, 5.41) is 0.724. The molecule has 2 nitrogen and oxygen atoms in total. The first kappa shape index (κ1) is 14.2. The molecule has 20 heavy (non-hydrogen) atoms. The molecule has 0 heterocycles. The van der Waals surface area contributed by atoms with Gasteiger partial charge >= 0.3 is 0 Å². The number of halogens is 1. The second-order valence-corrected chi connectivity index (χ2v) is 4.49. The Morgan fingerprint density at radius 2 is 1.80 bits per heavy atom. The number of hydrogen-bond donors (Lipinski definition) is 0. The Morgan fingerprint density at radius 1 is 1.10 bits per heavy atom. The molecule has 2 aromatic rings. The van der Waals surface area contributed by atoms with Crippen LogP contribution in [-0.2, 0) is 0 Å². The second-order valence-electron chi connectivity index (χ2n) is 4.05. The third kappa shape index (κ3) is 4.46. The molecule has 2 rings (SSSR count). The summed E-state index contributed by atoms with van der Waals surface area (Å²) in [5.74, 6) is 6.89. The lowest BCUT2D eigenvalue weighted by molar-refractivity contribution is 0.415. The molecule has 0 atom stereocenters. The molecule has 0 radical (unpaired) electrons. The van der Waals surface area contributed by atoms with Gasteiger partial charge in [0.2, 0.25) is 0 Å². The molecule has 0 spiro atoms. The van der Waals surface area contributed by atoms with Crippen LogP contribution in [0.5, 0.6) is 5.75 Å². The van der Waals surface area contributed by atoms with Crippen molar-refractivity contribution >= 4 is 17.8 Å². The predicted molar refractivity (Wildman–Crippen MR) is 83.8 cm³/mol. The Bertz CT molecular complexity index is 633. The summed E-state index contributed by atoms with van der Waals surface area (Å²) in [6, 6.07) is 15.1. The number of rotatable bonds is 3. The Balaban J connectivity index is 1.89. The molecule has 0 bridgehead atoms. The summed E-state index contributed by atoms with van der Waals surface area (Å²) in [6.07, 6.45) is 1.79. The normalized spacial score (nSPS) is 10.1. The molecule has 0 aromatic heterocycles. The number of nitrogens with zero attached hydrogens (tertiary/aromatic N) is 1. The highest BCUT2D eigenvalue weighted by Crippen LogP contribution is 2.10. The fourth-order valence-electron chi connectivity index (χ4n) is 1.56. The van der Waals surface area contributed by atoms with Crippen molar-refractivity contribution in [1.29, 1.82) is 0 Å². The van der Waals surface area contributed by atoms with E-state index < -0.39 is 0 Å². The van der Waals surface area contributed by atoms with Crippen LogP contribution in [0.4, 0.5) is 0 Å². The summed E-state index contributed by atoms with van der Waals surface area (Å²) in [5.41, 5.74) is 1.97. The van der Waals surface area contributed by atoms with Gasteiger partial charge in [0.25, 0.3) is 0 Å². The van der Waals surface area contributed by atoms with Gasteiger partial charge in [-0.1, -0.05) is 35.6 Å². The van der Waals surface area contributed by atoms with E-state index in [1.54, 1.807) is 13.3 Å². The average molecular weight is 284 g/mol. The molecule has 0 amide bonds. The first-order valence-corrected chi connectivity index (χ1v) is 6.54. The van der Waals surface area contributed by atoms with Crippen LogP contribution in [0.2, 0.25) is 5.02 Å². The largest absolute Gasteiger partial charge is 0.497 e. The van der Waals surface area contributed by atoms with Crippen molar-refractivity contribution in [3.8, 4) is 17.6 Å². The van der Waals surface area contributed by atoms with Crippen molar-refractivity contribution in [2.45, 2.75) is 0 Å². The first-order valence-electron chi connectivity index (χ1n) is 6.16. The van der Waals surface area contributed by atoms with Crippen molar-refractivity contribution in [1.82, 2.24) is 0 Å². The standard InChI is InChI=1S/C17H14ClNO/c1-20-17-10-6-14(7-11-17)3-2-12-19-13-15-4-8-16(18)9-5-15/h4-11,13H,12H2,1H3/b19-13+. The van der Waals surface area contributed by atoms with E-state index in [0.29, 0.717) is 6.54 Å². The minimum Gasteiger partial charge on any atom is -0.497 e. The SMILES string of the molecule is COc1ccc(C#CC/N=C/c2ccc(Cl)cc2)cc1. The molecular weight excluding hydrogens is 270 g/mol. The molecule has 2 aromatic carbocycles. The maximum Gasteiger partial charge on any atom is 0.118 e. The second kappa shape index (κ2) is 7.37. The van der Waals surface area contributed by atoms with E-state index in [0.717, 1.165) is 21.9 Å². The van der Waals surface area contributed by atoms with Crippen molar-refractivity contribution in [2.24, 2.45) is 4.99 Å². The quantitative estimate of drug-likeness (QED) is 0.620. The number of benzene rings is 2. The van der Waals surface area contributed by atoms with E-state index in [1.807, 2.05) is 48.5 Å². The maximum absolute atomic E-state index is 5.81. The van der Waals surface area contributed by atoms with Gasteiger partial charge in [-0.15, -0.1) is 0 Å². The smallest absolute Gasteiger partial charge is 0.118 e. The Labute approximate surface area is 124 Å². The Kier molecular flexibility index (Phi) is 5.23. The highest BCUT2D eigenvalue weighted by atomic mass is 35.5. The van der Waals surface area contributed by atoms with E-state index in [9.17, 15) is 0 Å². The van der Waals surface area contributed by atoms with Gasteiger partial charge in [0.1, 0.15) is 12.3 Å². The minimum atomic E-state index is 0.467. The summed E-state index contributed by atoms with van der Waals surface area (Å²) >= 11 is 5.81. The van der Waals surface area contributed by atoms with E-state index in [2.05, 4.69) is 16.8 Å². The number of methoxy groups -OCH3 is 1. The fourth-order valence-corrected chi connectivity index (χ4v) is 1.69. The van der Waals surface area contributed by atoms with Gasteiger partial charge in [-0.25, -0.2) is 0 Å². The molecule has 0 saturated heterocycles. The number of hydrogen-bond acceptors (Lipinski definition) is 2. The molecule has 0 aliphatic heterocycles. The zero-order valence-corrected chi connectivity index (χ0v) is 11.9. The topological polar surface area (TPSA) is 21.6 Å². The van der Waals surface area contributed by atoms with Gasteiger partial charge in [-0.2, -0.15) is 0 Å². The molecule has 0 fully saturated rings. The minimum absolute atomic E-state index is 0.467. The summed E-state index contributed by atoms with van der Waals surface area (Å²) in [7, 11) is 1.65. The van der Waals surface area contributed by atoms with Gasteiger partial charge in [-0.05, 0) is 42.0 Å². The van der Waals surface area contributed by atoms with Crippen molar-refractivity contribution in [3.05, 3.63) is 64.7 Å². The molecule has 0 aliphatic carbocycles. The van der Waals surface area contributed by atoms with E-state index in [-0.39, 0.29) is 0 Å². The molecule has 0 saturated carbocycles. The molecule has 0 aliphatic rings. The van der Waals surface area contributed by atoms with E-state index in [4.69, 9.17) is 16.3 Å². The first-order chi connectivity index (χ1) is 9.78. The summed E-state index contributed by atoms with van der Waals surface area (Å²) in [6.45, 7) is 0.467. The Morgan fingerprint density at radius 3 is 2.45 bits per heavy atom. The van der Waals surface area contributed by atoms with Gasteiger partial charge in [-0.3, -0.25) is 4.99 Å². The van der Waals surface area contributed by atoms with Crippen molar-refractivity contribution in [2.75, 3.05) is 13.7 Å². The van der Waals surface area contributed by atoms with Gasteiger partial charge in [0.15, 0.2) is 0 Å². The maximum atomic E-state index is 5.81. The zero-order chi connectivity index (χ0) is 14.2. The van der Waals surface area contributed by atoms with Crippen LogP contribution in [0.25, 0.3) is 0 Å². The highest BCUT2D eigenvalue weighted by molar-refractivity contribution is 6.30. The monoisotopic (exact) mass is 283 g/mol. The predicted octanol–water partition coefficient (Wildman–Crippen LogP) is 3.82. The van der Waals surface area contributed by atoms with Crippen LogP contribution < -0.4 is 4.74 Å². The van der Waals surface area contributed by atoms with Crippen LogP contribution in [0.3, 0.4) is 0 Å². The van der Waals surface area contributed by atoms with E-state index >= 15 is 0 Å². The summed E-state index contributed by atoms with van der Waals surface area (Å²) in [4.78, 5) is 4.25. The van der Waals surface area contributed by atoms with Gasteiger partial charge < -0.3 is 4.74 Å².